The number of piperidine rings is 1. The molecule has 2 unspecified atom stereocenters. The molecule has 2 aliphatic rings. The van der Waals surface area contributed by atoms with Crippen LogP contribution in [0.2, 0.25) is 0 Å². The van der Waals surface area contributed by atoms with Crippen molar-refractivity contribution in [1.29, 1.82) is 0 Å². The van der Waals surface area contributed by atoms with E-state index in [1.54, 1.807) is 21.3 Å². The Hall–Kier alpha value is -2.44. The molecule has 2 aromatic carbocycles. The van der Waals surface area contributed by atoms with Crippen molar-refractivity contribution in [3.8, 4) is 11.5 Å². The predicted octanol–water partition coefficient (Wildman–Crippen LogP) is 4.36. The normalized spacial score (nSPS) is 19.6. The summed E-state index contributed by atoms with van der Waals surface area (Å²) >= 11 is 1.42. The maximum atomic E-state index is 13.7. The maximum absolute atomic E-state index is 13.7. The number of carbonyl (C=O) groups excluding carboxylic acids is 1. The molecule has 5 rings (SSSR count). The van der Waals surface area contributed by atoms with Crippen LogP contribution < -0.4 is 14.4 Å². The van der Waals surface area contributed by atoms with Crippen LogP contribution in [0.3, 0.4) is 0 Å². The fourth-order valence-corrected chi connectivity index (χ4v) is 7.71. The van der Waals surface area contributed by atoms with E-state index in [4.69, 9.17) is 14.5 Å². The number of carbonyl (C=O) groups is 1. The molecule has 39 heavy (non-hydrogen) atoms. The van der Waals surface area contributed by atoms with E-state index in [1.807, 2.05) is 31.1 Å². The highest BCUT2D eigenvalue weighted by Gasteiger charge is 2.32. The van der Waals surface area contributed by atoms with Gasteiger partial charge in [0.15, 0.2) is 16.6 Å². The van der Waals surface area contributed by atoms with Gasteiger partial charge in [0, 0.05) is 43.9 Å². The van der Waals surface area contributed by atoms with E-state index < -0.39 is 10.0 Å². The van der Waals surface area contributed by atoms with Crippen LogP contribution in [-0.4, -0.2) is 82.0 Å². The number of halogens is 1. The van der Waals surface area contributed by atoms with E-state index in [9.17, 15) is 13.2 Å². The van der Waals surface area contributed by atoms with Gasteiger partial charge in [-0.15, -0.1) is 12.4 Å². The second-order valence-corrected chi connectivity index (χ2v) is 13.5. The summed E-state index contributed by atoms with van der Waals surface area (Å²) in [6.07, 6.45) is 1.02. The minimum Gasteiger partial charge on any atom is -0.486 e. The molecule has 3 heterocycles. The lowest BCUT2D eigenvalue weighted by atomic mass is 9.94. The summed E-state index contributed by atoms with van der Waals surface area (Å²) in [5.74, 6) is 1.74. The van der Waals surface area contributed by atoms with E-state index in [0.717, 1.165) is 16.6 Å². The number of benzene rings is 2. The Bertz CT molecular complexity index is 1370. The van der Waals surface area contributed by atoms with Gasteiger partial charge in [0.2, 0.25) is 10.0 Å². The molecule has 0 radical (unpaired) electrons. The van der Waals surface area contributed by atoms with E-state index in [1.165, 1.54) is 23.5 Å². The second kappa shape index (κ2) is 12.0. The first-order valence-corrected chi connectivity index (χ1v) is 15.1. The smallest absolute Gasteiger partial charge is 0.260 e. The van der Waals surface area contributed by atoms with Crippen molar-refractivity contribution in [2.24, 2.45) is 11.8 Å². The van der Waals surface area contributed by atoms with Gasteiger partial charge in [0.1, 0.15) is 13.2 Å². The third-order valence-electron chi connectivity index (χ3n) is 6.86. The van der Waals surface area contributed by atoms with Crippen molar-refractivity contribution in [2.75, 3.05) is 58.4 Å². The monoisotopic (exact) mass is 594 g/mol. The van der Waals surface area contributed by atoms with Crippen LogP contribution in [0, 0.1) is 11.8 Å². The molecule has 3 aromatic rings. The fourth-order valence-electron chi connectivity index (χ4n) is 5.03. The van der Waals surface area contributed by atoms with E-state index in [2.05, 4.69) is 13.8 Å². The molecule has 0 spiro atoms. The number of hydrogen-bond donors (Lipinski definition) is 0. The van der Waals surface area contributed by atoms with Gasteiger partial charge in [0.05, 0.1) is 15.1 Å². The van der Waals surface area contributed by atoms with Crippen molar-refractivity contribution < 1.29 is 22.7 Å². The molecule has 2 aliphatic heterocycles. The number of thiazole rings is 1. The first-order chi connectivity index (χ1) is 18.1. The number of fused-ring (bicyclic) bond motifs is 2. The molecule has 12 heteroatoms. The Labute approximate surface area is 240 Å². The second-order valence-electron chi connectivity index (χ2n) is 10.5. The summed E-state index contributed by atoms with van der Waals surface area (Å²) in [6.45, 7) is 7.26. The van der Waals surface area contributed by atoms with Crippen molar-refractivity contribution in [1.82, 2.24) is 14.2 Å². The third kappa shape index (κ3) is 6.33. The Morgan fingerprint density at radius 1 is 1.03 bits per heavy atom. The van der Waals surface area contributed by atoms with Crippen molar-refractivity contribution in [3.05, 3.63) is 42.0 Å². The van der Waals surface area contributed by atoms with Crippen LogP contribution in [0.15, 0.2) is 41.3 Å². The first kappa shape index (κ1) is 29.5. The van der Waals surface area contributed by atoms with Crippen LogP contribution in [0.1, 0.15) is 30.6 Å². The summed E-state index contributed by atoms with van der Waals surface area (Å²) in [5, 5.41) is 0.571. The summed E-state index contributed by atoms with van der Waals surface area (Å²) in [5.41, 5.74) is 1.15. The number of rotatable bonds is 7. The minimum atomic E-state index is -3.62. The molecule has 9 nitrogen and oxygen atoms in total. The summed E-state index contributed by atoms with van der Waals surface area (Å²) in [7, 11) is 0.278. The quantitative estimate of drug-likeness (QED) is 0.401. The number of nitrogens with zero attached hydrogens (tertiary/aromatic N) is 4. The zero-order valence-corrected chi connectivity index (χ0v) is 25.1. The van der Waals surface area contributed by atoms with Crippen molar-refractivity contribution in [3.63, 3.8) is 0 Å². The van der Waals surface area contributed by atoms with Gasteiger partial charge in [-0.25, -0.2) is 13.4 Å². The molecule has 212 valence electrons. The Morgan fingerprint density at radius 3 is 2.26 bits per heavy atom. The minimum absolute atomic E-state index is 0. The molecule has 1 saturated heterocycles. The molecular weight excluding hydrogens is 560 g/mol. The lowest BCUT2D eigenvalue weighted by Crippen LogP contribution is -2.42. The van der Waals surface area contributed by atoms with Crippen molar-refractivity contribution in [2.45, 2.75) is 25.2 Å². The number of sulfonamides is 1. The molecule has 1 amide bonds. The number of amides is 1. The van der Waals surface area contributed by atoms with Crippen LogP contribution in [0.5, 0.6) is 11.5 Å². The molecule has 0 bridgehead atoms. The molecule has 0 N–H and O–H groups in total. The van der Waals surface area contributed by atoms with E-state index >= 15 is 0 Å². The first-order valence-electron chi connectivity index (χ1n) is 12.9. The summed E-state index contributed by atoms with van der Waals surface area (Å²) in [6, 6.07) is 10.0. The zero-order valence-electron chi connectivity index (χ0n) is 22.6. The van der Waals surface area contributed by atoms with Gasteiger partial charge in [-0.1, -0.05) is 25.2 Å². The highest BCUT2D eigenvalue weighted by molar-refractivity contribution is 7.89. The number of ether oxygens (including phenoxy) is 2. The topological polar surface area (TPSA) is 92.3 Å². The van der Waals surface area contributed by atoms with Crippen LogP contribution >= 0.6 is 23.7 Å². The molecule has 1 fully saturated rings. The number of aromatic nitrogens is 1. The Morgan fingerprint density at radius 2 is 1.64 bits per heavy atom. The van der Waals surface area contributed by atoms with Gasteiger partial charge in [0.25, 0.3) is 5.91 Å². The average molecular weight is 595 g/mol. The number of anilines is 1. The highest BCUT2D eigenvalue weighted by atomic mass is 35.5. The van der Waals surface area contributed by atoms with Crippen LogP contribution in [0.25, 0.3) is 10.2 Å². The van der Waals surface area contributed by atoms with Gasteiger partial charge in [-0.05, 0) is 56.6 Å². The number of likely N-dealkylation sites (N-methyl/N-ethyl adjacent to an activating group) is 1. The molecule has 0 saturated carbocycles. The SMILES string of the molecule is CC1CC(C)CN(S(=O)(=O)c2ccc(C(=O)N(CCN(C)C)c3nc4cc5c(cc4s3)OCCO5)cc2)C1.Cl. The van der Waals surface area contributed by atoms with Crippen molar-refractivity contribution >= 4 is 55.0 Å². The number of hydrogen-bond acceptors (Lipinski definition) is 8. The van der Waals surface area contributed by atoms with E-state index in [-0.39, 0.29) is 23.2 Å². The lowest BCUT2D eigenvalue weighted by molar-refractivity contribution is 0.0985. The summed E-state index contributed by atoms with van der Waals surface area (Å²) in [4.78, 5) is 22.3. The van der Waals surface area contributed by atoms with Gasteiger partial charge in [-0.2, -0.15) is 4.31 Å². The predicted molar refractivity (Wildman–Crippen MR) is 156 cm³/mol. The van der Waals surface area contributed by atoms with Crippen LogP contribution in [0.4, 0.5) is 5.13 Å². The van der Waals surface area contributed by atoms with E-state index in [0.29, 0.717) is 73.4 Å². The third-order valence-corrected chi connectivity index (χ3v) is 9.75. The Kier molecular flexibility index (Phi) is 9.07. The Balaban J connectivity index is 0.00000353. The fraction of sp³-hybridized carbons (Fsp3) is 0.481. The van der Waals surface area contributed by atoms with Crippen LogP contribution in [-0.2, 0) is 10.0 Å². The molecular formula is C27H35ClN4O5S2. The standard InChI is InChI=1S/C27H34N4O5S2.ClH/c1-18-13-19(2)17-30(16-18)38(33,34)21-7-5-20(6-8-21)26(32)31(10-9-29(3)4)27-28-22-14-23-24(15-25(22)37-27)36-12-11-35-23;/h5-8,14-15,18-19H,9-13,16-17H2,1-4H3;1H. The molecule has 0 aliphatic carbocycles. The maximum Gasteiger partial charge on any atom is 0.260 e. The summed E-state index contributed by atoms with van der Waals surface area (Å²) < 4.78 is 40.5. The molecule has 2 atom stereocenters. The van der Waals surface area contributed by atoms with Gasteiger partial charge >= 0.3 is 0 Å². The lowest BCUT2D eigenvalue weighted by Gasteiger charge is -2.34. The largest absolute Gasteiger partial charge is 0.486 e. The average Bonchev–Trinajstić information content (AvgIpc) is 3.29. The highest BCUT2D eigenvalue weighted by Crippen LogP contribution is 2.39. The van der Waals surface area contributed by atoms with Gasteiger partial charge < -0.3 is 14.4 Å². The molecule has 1 aromatic heterocycles. The van der Waals surface area contributed by atoms with Gasteiger partial charge in [-0.3, -0.25) is 9.69 Å². The zero-order chi connectivity index (χ0) is 27.0.